The van der Waals surface area contributed by atoms with E-state index in [4.69, 9.17) is 17.5 Å². The smallest absolute Gasteiger partial charge is 0.759 e. The van der Waals surface area contributed by atoms with E-state index >= 15 is 0 Å². The van der Waals surface area contributed by atoms with Gasteiger partial charge in [0.15, 0.2) is 0 Å². The summed E-state index contributed by atoms with van der Waals surface area (Å²) in [6.07, 6.45) is 5.54. The third kappa shape index (κ3) is 74.7. The van der Waals surface area contributed by atoms with Crippen LogP contribution in [0.3, 0.4) is 0 Å². The topological polar surface area (TPSA) is 80.3 Å². The van der Waals surface area contributed by atoms with Crippen LogP contribution in [0.15, 0.2) is 0 Å². The monoisotopic (exact) mass is 206 g/mol. The Hall–Kier alpha value is 0.636. The van der Waals surface area contributed by atoms with Crippen molar-refractivity contribution in [1.82, 2.24) is 0 Å². The van der Waals surface area contributed by atoms with E-state index in [9.17, 15) is 0 Å². The van der Waals surface area contributed by atoms with Gasteiger partial charge in [0.25, 0.3) is 0 Å². The second kappa shape index (κ2) is 11.6. The van der Waals surface area contributed by atoms with Crippen LogP contribution < -0.4 is 0 Å². The Kier molecular flexibility index (Phi) is 17.9. The van der Waals surface area contributed by atoms with Crippen LogP contribution in [-0.2, 0) is 10.4 Å². The molecule has 0 aliphatic heterocycles. The van der Waals surface area contributed by atoms with Gasteiger partial charge in [-0.05, 0) is 0 Å². The third-order valence-electron chi connectivity index (χ3n) is 0.957. The van der Waals surface area contributed by atoms with Gasteiger partial charge in [0.1, 0.15) is 0 Å². The van der Waals surface area contributed by atoms with Crippen LogP contribution in [0.1, 0.15) is 39.5 Å². The van der Waals surface area contributed by atoms with Crippen molar-refractivity contribution in [3.63, 3.8) is 0 Å². The van der Waals surface area contributed by atoms with E-state index in [1.54, 1.807) is 0 Å². The molecule has 0 aliphatic carbocycles. The molecule has 0 amide bonds. The summed E-state index contributed by atoms with van der Waals surface area (Å²) in [6, 6.07) is 0. The van der Waals surface area contributed by atoms with Gasteiger partial charge >= 0.3 is 23.1 Å². The molecule has 0 N–H and O–H groups in total. The van der Waals surface area contributed by atoms with Gasteiger partial charge in [-0.1, -0.05) is 39.5 Å². The molecule has 0 aliphatic rings. The number of hydrogen-bond donors (Lipinski definition) is 0. The second-order valence-electron chi connectivity index (χ2n) is 2.12. The quantitative estimate of drug-likeness (QED) is 0.297. The molecule has 0 rings (SSSR count). The maximum Gasteiger partial charge on any atom is 2.00 e. The number of unbranched alkanes of at least 4 members (excludes halogenated alkanes) is 3. The van der Waals surface area contributed by atoms with Crippen LogP contribution in [-0.4, -0.2) is 40.6 Å². The van der Waals surface area contributed by atoms with Gasteiger partial charge in [0.2, 0.25) is 0 Å². The van der Waals surface area contributed by atoms with Crippen LogP contribution in [0, 0.1) is 0 Å². The van der Waals surface area contributed by atoms with Crippen molar-refractivity contribution in [3.05, 3.63) is 0 Å². The van der Waals surface area contributed by atoms with Crippen molar-refractivity contribution in [2.75, 3.05) is 0 Å². The molecule has 0 unspecified atom stereocenters. The van der Waals surface area contributed by atoms with E-state index in [0.29, 0.717) is 0 Å². The van der Waals surface area contributed by atoms with Gasteiger partial charge in [-0.25, -0.2) is 0 Å². The summed E-state index contributed by atoms with van der Waals surface area (Å²) in [5.41, 5.74) is 0. The molecule has 0 bridgehead atoms. The van der Waals surface area contributed by atoms with Crippen LogP contribution >= 0.6 is 0 Å². The summed E-state index contributed by atoms with van der Waals surface area (Å²) in [7, 11) is -5.17. The molecule has 0 radical (unpaired) electrons. The van der Waals surface area contributed by atoms with Crippen LogP contribution in [0.25, 0.3) is 0 Å². The molecule has 0 spiro atoms. The first-order chi connectivity index (χ1) is 4.91. The minimum Gasteiger partial charge on any atom is -0.759 e. The molecule has 0 aromatic rings. The molecule has 0 fully saturated rings. The largest absolute Gasteiger partial charge is 2.00 e. The number of rotatable bonds is 3. The standard InChI is InChI=1S/C6H14.Mg.H2O4S/c1-3-5-6-4-2;;1-5(2,3)4/h3-6H2,1-2H3;;(H2,1,2,3,4)/q;+2;/p-2. The van der Waals surface area contributed by atoms with Gasteiger partial charge in [-0.15, -0.1) is 0 Å². The minimum absolute atomic E-state index is 0. The molecule has 0 saturated carbocycles. The van der Waals surface area contributed by atoms with E-state index in [1.165, 1.54) is 25.7 Å². The summed E-state index contributed by atoms with van der Waals surface area (Å²) in [5.74, 6) is 0. The van der Waals surface area contributed by atoms with Crippen LogP contribution in [0.4, 0.5) is 0 Å². The second-order valence-corrected chi connectivity index (χ2v) is 2.93. The summed E-state index contributed by atoms with van der Waals surface area (Å²) >= 11 is 0. The fourth-order valence-corrected chi connectivity index (χ4v) is 0.500. The van der Waals surface area contributed by atoms with Gasteiger partial charge in [-0.3, -0.25) is 8.42 Å². The zero-order valence-electron chi connectivity index (χ0n) is 7.58. The average molecular weight is 207 g/mol. The summed E-state index contributed by atoms with van der Waals surface area (Å²) in [4.78, 5) is 0. The average Bonchev–Trinajstić information content (AvgIpc) is 1.79. The first-order valence-electron chi connectivity index (χ1n) is 3.58. The van der Waals surface area contributed by atoms with E-state index in [-0.39, 0.29) is 23.1 Å². The van der Waals surface area contributed by atoms with Crippen LogP contribution in [0.2, 0.25) is 0 Å². The summed E-state index contributed by atoms with van der Waals surface area (Å²) in [6.45, 7) is 4.46. The Bertz CT molecular complexity index is 143. The normalized spacial score (nSPS) is 9.33. The van der Waals surface area contributed by atoms with E-state index in [1.807, 2.05) is 0 Å². The predicted octanol–water partition coefficient (Wildman–Crippen LogP) is 0.868. The Morgan fingerprint density at radius 1 is 1.00 bits per heavy atom. The van der Waals surface area contributed by atoms with E-state index in [0.717, 1.165) is 0 Å². The maximum atomic E-state index is 8.52. The number of hydrogen-bond acceptors (Lipinski definition) is 4. The molecule has 12 heavy (non-hydrogen) atoms. The molecule has 6 heteroatoms. The van der Waals surface area contributed by atoms with Crippen LogP contribution in [0.5, 0.6) is 0 Å². The van der Waals surface area contributed by atoms with Crippen molar-refractivity contribution in [1.29, 1.82) is 0 Å². The molecular weight excluding hydrogens is 192 g/mol. The predicted molar refractivity (Wildman–Crippen MR) is 46.0 cm³/mol. The molecular formula is C6H14MgO4S. The Balaban J connectivity index is -0.000000126. The van der Waals surface area contributed by atoms with Crippen molar-refractivity contribution in [3.8, 4) is 0 Å². The molecule has 0 aromatic carbocycles. The molecule has 0 heterocycles. The molecule has 0 saturated heterocycles. The SMILES string of the molecule is CCCCCC.O=S(=O)([O-])[O-].[Mg+2]. The Morgan fingerprint density at radius 2 is 1.17 bits per heavy atom. The zero-order valence-corrected chi connectivity index (χ0v) is 9.81. The first-order valence-corrected chi connectivity index (χ1v) is 4.91. The van der Waals surface area contributed by atoms with Gasteiger partial charge in [0.05, 0.1) is 0 Å². The van der Waals surface area contributed by atoms with Gasteiger partial charge in [-0.2, -0.15) is 0 Å². The maximum absolute atomic E-state index is 8.52. The summed E-state index contributed by atoms with van der Waals surface area (Å²) in [5, 5.41) is 0. The van der Waals surface area contributed by atoms with Crippen molar-refractivity contribution < 1.29 is 17.5 Å². The van der Waals surface area contributed by atoms with E-state index in [2.05, 4.69) is 13.8 Å². The fourth-order valence-electron chi connectivity index (χ4n) is 0.500. The van der Waals surface area contributed by atoms with Crippen molar-refractivity contribution in [2.45, 2.75) is 39.5 Å². The van der Waals surface area contributed by atoms with Gasteiger partial charge in [0, 0.05) is 10.4 Å². The Labute approximate surface area is 90.5 Å². The molecule has 70 valence electrons. The molecule has 0 atom stereocenters. The minimum atomic E-state index is -5.17. The third-order valence-corrected chi connectivity index (χ3v) is 0.957. The van der Waals surface area contributed by atoms with Crippen molar-refractivity contribution >= 4 is 33.5 Å². The van der Waals surface area contributed by atoms with Crippen molar-refractivity contribution in [2.24, 2.45) is 0 Å². The first kappa shape index (κ1) is 18.4. The molecule has 4 nitrogen and oxygen atoms in total. The summed E-state index contributed by atoms with van der Waals surface area (Å²) < 4.78 is 34.1. The van der Waals surface area contributed by atoms with E-state index < -0.39 is 10.4 Å². The zero-order chi connectivity index (χ0) is 9.33. The van der Waals surface area contributed by atoms with Gasteiger partial charge < -0.3 is 9.11 Å². The Morgan fingerprint density at radius 3 is 1.25 bits per heavy atom. The molecule has 0 aromatic heterocycles. The fraction of sp³-hybridized carbons (Fsp3) is 1.00.